The molecule has 1 heterocycles. The molecule has 0 bridgehead atoms. The average molecular weight is 228 g/mol. The Morgan fingerprint density at radius 1 is 1.57 bits per heavy atom. The number of nitrogens with one attached hydrogen (secondary N) is 1. The Hall–Kier alpha value is -0.960. The van der Waals surface area contributed by atoms with E-state index in [1.807, 2.05) is 0 Å². The van der Waals surface area contributed by atoms with Gasteiger partial charge in [-0.3, -0.25) is 0 Å². The zero-order valence-corrected chi connectivity index (χ0v) is 7.56. The fourth-order valence-corrected chi connectivity index (χ4v) is 1.34. The van der Waals surface area contributed by atoms with Gasteiger partial charge in [0.1, 0.15) is 0 Å². The van der Waals surface area contributed by atoms with Crippen molar-refractivity contribution in [3.05, 3.63) is 0 Å². The number of hydrogen-bond acceptors (Lipinski definition) is 5. The van der Waals surface area contributed by atoms with Gasteiger partial charge in [-0.1, -0.05) is 11.8 Å². The Morgan fingerprint density at radius 2 is 2.21 bits per heavy atom. The molecule has 1 atom stereocenters. The van der Waals surface area contributed by atoms with E-state index in [9.17, 15) is 13.2 Å². The molecule has 0 radical (unpaired) electrons. The van der Waals surface area contributed by atoms with E-state index in [0.29, 0.717) is 11.8 Å². The number of thioether (sulfide) groups is 1. The molecular formula is C5H7F3N4OS. The first kappa shape index (κ1) is 11.1. The van der Waals surface area contributed by atoms with Gasteiger partial charge in [-0.05, 0) is 0 Å². The molecule has 0 saturated carbocycles. The maximum atomic E-state index is 11.8. The topological polar surface area (TPSA) is 87.8 Å². The molecule has 0 aliphatic rings. The quantitative estimate of drug-likeness (QED) is 0.652. The Bertz CT molecular complexity index is 301. The van der Waals surface area contributed by atoms with E-state index in [0.717, 1.165) is 0 Å². The molecule has 4 N–H and O–H groups in total. The van der Waals surface area contributed by atoms with Crippen molar-refractivity contribution in [3.63, 3.8) is 0 Å². The summed E-state index contributed by atoms with van der Waals surface area (Å²) in [5, 5.41) is 14.4. The van der Waals surface area contributed by atoms with Crippen LogP contribution in [0, 0.1) is 0 Å². The zero-order chi connectivity index (χ0) is 10.8. The third-order valence-corrected chi connectivity index (χ3v) is 2.15. The lowest BCUT2D eigenvalue weighted by Crippen LogP contribution is -2.30. The molecular weight excluding hydrogens is 221 g/mol. The van der Waals surface area contributed by atoms with Crippen molar-refractivity contribution in [2.45, 2.75) is 17.4 Å². The highest BCUT2D eigenvalue weighted by molar-refractivity contribution is 7.99. The summed E-state index contributed by atoms with van der Waals surface area (Å²) in [4.78, 5) is 3.56. The molecule has 0 aliphatic heterocycles. The summed E-state index contributed by atoms with van der Waals surface area (Å²) >= 11 is 0.673. The van der Waals surface area contributed by atoms with Crippen molar-refractivity contribution in [2.75, 3.05) is 11.5 Å². The van der Waals surface area contributed by atoms with Crippen LogP contribution in [0.5, 0.6) is 0 Å². The molecule has 1 rings (SSSR count). The number of hydrogen-bond donors (Lipinski definition) is 3. The Morgan fingerprint density at radius 3 is 2.64 bits per heavy atom. The number of H-pyrrole nitrogens is 1. The lowest BCUT2D eigenvalue weighted by atomic mass is 10.4. The Kier molecular flexibility index (Phi) is 3.21. The van der Waals surface area contributed by atoms with Crippen LogP contribution < -0.4 is 5.73 Å². The van der Waals surface area contributed by atoms with E-state index in [4.69, 9.17) is 10.8 Å². The maximum Gasteiger partial charge on any atom is 0.415 e. The predicted octanol–water partition coefficient (Wildman–Crippen LogP) is 0.402. The predicted molar refractivity (Wildman–Crippen MR) is 43.6 cm³/mol. The van der Waals surface area contributed by atoms with Gasteiger partial charge >= 0.3 is 6.18 Å². The molecule has 0 aromatic carbocycles. The van der Waals surface area contributed by atoms with Gasteiger partial charge in [0.15, 0.2) is 6.10 Å². The van der Waals surface area contributed by atoms with E-state index in [1.54, 1.807) is 0 Å². The molecule has 9 heteroatoms. The molecule has 1 unspecified atom stereocenters. The summed E-state index contributed by atoms with van der Waals surface area (Å²) in [6.07, 6.45) is -7.00. The van der Waals surface area contributed by atoms with Gasteiger partial charge in [0.25, 0.3) is 0 Å². The summed E-state index contributed by atoms with van der Waals surface area (Å²) in [7, 11) is 0. The number of rotatable bonds is 3. The SMILES string of the molecule is Nc1nc(SCC(O)C(F)(F)F)n[nH]1. The molecule has 5 nitrogen and oxygen atoms in total. The van der Waals surface area contributed by atoms with Gasteiger partial charge in [0.2, 0.25) is 11.1 Å². The fourth-order valence-electron chi connectivity index (χ4n) is 0.571. The van der Waals surface area contributed by atoms with Crippen LogP contribution in [0.3, 0.4) is 0 Å². The summed E-state index contributed by atoms with van der Waals surface area (Å²) in [5.74, 6) is -0.533. The second kappa shape index (κ2) is 4.05. The number of halogens is 3. The fraction of sp³-hybridized carbons (Fsp3) is 0.600. The van der Waals surface area contributed by atoms with Crippen molar-refractivity contribution in [2.24, 2.45) is 0 Å². The van der Waals surface area contributed by atoms with Crippen LogP contribution in [-0.4, -0.2) is 38.3 Å². The molecule has 0 saturated heterocycles. The van der Waals surface area contributed by atoms with E-state index in [2.05, 4.69) is 15.2 Å². The lowest BCUT2D eigenvalue weighted by molar-refractivity contribution is -0.195. The normalized spacial score (nSPS) is 14.3. The van der Waals surface area contributed by atoms with Crippen molar-refractivity contribution in [3.8, 4) is 0 Å². The number of nitrogen functional groups attached to an aromatic ring is 1. The van der Waals surface area contributed by atoms with Gasteiger partial charge in [-0.15, -0.1) is 5.10 Å². The lowest BCUT2D eigenvalue weighted by Gasteiger charge is -2.12. The number of aromatic amines is 1. The summed E-state index contributed by atoms with van der Waals surface area (Å²) in [6, 6.07) is 0. The minimum Gasteiger partial charge on any atom is -0.383 e. The third-order valence-electron chi connectivity index (χ3n) is 1.23. The number of aliphatic hydroxyl groups is 1. The summed E-state index contributed by atoms with van der Waals surface area (Å²) in [5.41, 5.74) is 5.14. The van der Waals surface area contributed by atoms with Crippen LogP contribution in [-0.2, 0) is 0 Å². The van der Waals surface area contributed by atoms with Crippen LogP contribution in [0.15, 0.2) is 5.16 Å². The molecule has 1 aromatic heterocycles. The van der Waals surface area contributed by atoms with E-state index >= 15 is 0 Å². The van der Waals surface area contributed by atoms with Gasteiger partial charge in [0, 0.05) is 5.75 Å². The second-order valence-corrected chi connectivity index (χ2v) is 3.36. The molecule has 14 heavy (non-hydrogen) atoms. The summed E-state index contributed by atoms with van der Waals surface area (Å²) in [6.45, 7) is 0. The molecule has 0 spiro atoms. The highest BCUT2D eigenvalue weighted by atomic mass is 32.2. The first-order valence-electron chi connectivity index (χ1n) is 3.45. The minimum atomic E-state index is -4.62. The Labute approximate surface area is 80.9 Å². The highest BCUT2D eigenvalue weighted by Crippen LogP contribution is 2.25. The number of nitrogens with zero attached hydrogens (tertiary/aromatic N) is 2. The van der Waals surface area contributed by atoms with Gasteiger partial charge in [-0.25, -0.2) is 5.10 Å². The highest BCUT2D eigenvalue weighted by Gasteiger charge is 2.38. The van der Waals surface area contributed by atoms with Crippen molar-refractivity contribution in [1.82, 2.24) is 15.2 Å². The van der Waals surface area contributed by atoms with E-state index in [-0.39, 0.29) is 11.1 Å². The largest absolute Gasteiger partial charge is 0.415 e. The van der Waals surface area contributed by atoms with Gasteiger partial charge < -0.3 is 10.8 Å². The van der Waals surface area contributed by atoms with Crippen molar-refractivity contribution in [1.29, 1.82) is 0 Å². The number of aromatic nitrogens is 3. The number of nitrogens with two attached hydrogens (primary N) is 1. The number of aliphatic hydroxyl groups excluding tert-OH is 1. The average Bonchev–Trinajstić information content (AvgIpc) is 2.45. The standard InChI is InChI=1S/C5H7F3N4OS/c6-5(7,8)2(13)1-14-4-10-3(9)11-12-4/h2,13H,1H2,(H3,9,10,11,12). The van der Waals surface area contributed by atoms with Crippen LogP contribution in [0.4, 0.5) is 19.1 Å². The number of anilines is 1. The smallest absolute Gasteiger partial charge is 0.383 e. The molecule has 1 aromatic rings. The van der Waals surface area contributed by atoms with Crippen LogP contribution >= 0.6 is 11.8 Å². The van der Waals surface area contributed by atoms with Crippen molar-refractivity contribution >= 4 is 17.7 Å². The van der Waals surface area contributed by atoms with Gasteiger partial charge in [-0.2, -0.15) is 18.2 Å². The van der Waals surface area contributed by atoms with E-state index in [1.165, 1.54) is 0 Å². The minimum absolute atomic E-state index is 0.0222. The number of alkyl halides is 3. The van der Waals surface area contributed by atoms with Crippen LogP contribution in [0.25, 0.3) is 0 Å². The van der Waals surface area contributed by atoms with E-state index < -0.39 is 18.0 Å². The second-order valence-electron chi connectivity index (χ2n) is 2.37. The van der Waals surface area contributed by atoms with Crippen LogP contribution in [0.2, 0.25) is 0 Å². The first-order chi connectivity index (χ1) is 6.39. The molecule has 80 valence electrons. The molecule has 0 amide bonds. The monoisotopic (exact) mass is 228 g/mol. The molecule has 0 fully saturated rings. The molecule has 0 aliphatic carbocycles. The first-order valence-corrected chi connectivity index (χ1v) is 4.43. The van der Waals surface area contributed by atoms with Gasteiger partial charge in [0.05, 0.1) is 0 Å². The van der Waals surface area contributed by atoms with Crippen molar-refractivity contribution < 1.29 is 18.3 Å². The van der Waals surface area contributed by atoms with Crippen LogP contribution in [0.1, 0.15) is 0 Å². The zero-order valence-electron chi connectivity index (χ0n) is 6.75. The Balaban J connectivity index is 2.41. The summed E-state index contributed by atoms with van der Waals surface area (Å²) < 4.78 is 35.5. The third kappa shape index (κ3) is 3.07. The maximum absolute atomic E-state index is 11.8.